The zero-order chi connectivity index (χ0) is 14.1. The van der Waals surface area contributed by atoms with Crippen LogP contribution in [-0.4, -0.2) is 18.1 Å². The minimum Gasteiger partial charge on any atom is -0.371 e. The number of hydrogen-bond acceptors (Lipinski definition) is 2. The fraction of sp³-hybridized carbons (Fsp3) is 0.526. The van der Waals surface area contributed by atoms with Gasteiger partial charge in [0.2, 0.25) is 0 Å². The van der Waals surface area contributed by atoms with Crippen LogP contribution in [0.3, 0.4) is 0 Å². The maximum absolute atomic E-state index is 5.00. The van der Waals surface area contributed by atoms with Gasteiger partial charge in [-0.05, 0) is 56.6 Å². The third-order valence-corrected chi connectivity index (χ3v) is 5.06. The molecule has 2 heteroatoms. The van der Waals surface area contributed by atoms with Gasteiger partial charge in [0.05, 0.1) is 11.2 Å². The summed E-state index contributed by atoms with van der Waals surface area (Å²) in [5, 5.41) is 1.38. The number of nitrogens with zero attached hydrogens (tertiary/aromatic N) is 2. The van der Waals surface area contributed by atoms with Gasteiger partial charge in [-0.1, -0.05) is 24.6 Å². The second-order valence-corrected chi connectivity index (χ2v) is 6.51. The van der Waals surface area contributed by atoms with Crippen molar-refractivity contribution in [2.24, 2.45) is 0 Å². The maximum Gasteiger partial charge on any atom is 0.0726 e. The number of aromatic nitrogens is 1. The summed E-state index contributed by atoms with van der Waals surface area (Å²) >= 11 is 0. The van der Waals surface area contributed by atoms with Gasteiger partial charge in [0.1, 0.15) is 0 Å². The number of para-hydroxylation sites is 1. The molecule has 0 N–H and O–H groups in total. The summed E-state index contributed by atoms with van der Waals surface area (Å²) in [6.07, 6.45) is 10.4. The molecule has 0 saturated carbocycles. The van der Waals surface area contributed by atoms with Crippen molar-refractivity contribution in [1.82, 2.24) is 4.98 Å². The Bertz CT molecular complexity index is 641. The molecule has 2 aliphatic rings. The molecule has 0 atom stereocenters. The standard InChI is InChI=1S/C19H24N2/c1-3-9-15-17(11-4-1)20-18-12-6-5-10-16(18)19(15)21-13-7-2-8-14-21/h5-6,10,12H,1-4,7-9,11,13-14H2. The number of hydrogen-bond donors (Lipinski definition) is 0. The Hall–Kier alpha value is -1.57. The third kappa shape index (κ3) is 2.41. The Labute approximate surface area is 127 Å². The van der Waals surface area contributed by atoms with Gasteiger partial charge in [-0.2, -0.15) is 0 Å². The molecule has 0 spiro atoms. The predicted molar refractivity (Wildman–Crippen MR) is 89.1 cm³/mol. The van der Waals surface area contributed by atoms with Crippen molar-refractivity contribution in [3.63, 3.8) is 0 Å². The molecule has 1 aliphatic carbocycles. The predicted octanol–water partition coefficient (Wildman–Crippen LogP) is 4.49. The summed E-state index contributed by atoms with van der Waals surface area (Å²) in [5.41, 5.74) is 5.66. The van der Waals surface area contributed by atoms with Crippen molar-refractivity contribution < 1.29 is 0 Å². The summed E-state index contributed by atoms with van der Waals surface area (Å²) in [5.74, 6) is 0. The van der Waals surface area contributed by atoms with Crippen molar-refractivity contribution in [3.8, 4) is 0 Å². The average Bonchev–Trinajstić information content (AvgIpc) is 2.78. The van der Waals surface area contributed by atoms with Crippen LogP contribution in [0.15, 0.2) is 24.3 Å². The Kier molecular flexibility index (Phi) is 3.54. The number of piperidine rings is 1. The lowest BCUT2D eigenvalue weighted by Gasteiger charge is -2.32. The molecule has 1 fully saturated rings. The van der Waals surface area contributed by atoms with Crippen LogP contribution in [-0.2, 0) is 12.8 Å². The SMILES string of the molecule is c1ccc2c(N3CCCCC3)c3c(nc2c1)CCCCC3. The van der Waals surface area contributed by atoms with Crippen LogP contribution in [0, 0.1) is 0 Å². The molecule has 1 saturated heterocycles. The summed E-state index contributed by atoms with van der Waals surface area (Å²) < 4.78 is 0. The van der Waals surface area contributed by atoms with Crippen molar-refractivity contribution in [2.75, 3.05) is 18.0 Å². The van der Waals surface area contributed by atoms with Crippen molar-refractivity contribution in [1.29, 1.82) is 0 Å². The highest BCUT2D eigenvalue weighted by atomic mass is 15.1. The summed E-state index contributed by atoms with van der Waals surface area (Å²) in [7, 11) is 0. The minimum atomic E-state index is 1.17. The van der Waals surface area contributed by atoms with Gasteiger partial charge in [0.25, 0.3) is 0 Å². The van der Waals surface area contributed by atoms with Crippen molar-refractivity contribution in [3.05, 3.63) is 35.5 Å². The second-order valence-electron chi connectivity index (χ2n) is 6.51. The molecular weight excluding hydrogens is 256 g/mol. The molecule has 1 aliphatic heterocycles. The molecule has 1 aromatic heterocycles. The second kappa shape index (κ2) is 5.67. The van der Waals surface area contributed by atoms with E-state index in [4.69, 9.17) is 4.98 Å². The Balaban J connectivity index is 1.93. The Morgan fingerprint density at radius 2 is 1.57 bits per heavy atom. The first kappa shape index (κ1) is 13.1. The first-order valence-corrected chi connectivity index (χ1v) is 8.59. The number of fused-ring (bicyclic) bond motifs is 2. The lowest BCUT2D eigenvalue weighted by atomic mass is 9.99. The van der Waals surface area contributed by atoms with E-state index in [-0.39, 0.29) is 0 Å². The number of rotatable bonds is 1. The molecule has 0 bridgehead atoms. The van der Waals surface area contributed by atoms with Gasteiger partial charge in [-0.15, -0.1) is 0 Å². The van der Waals surface area contributed by atoms with Crippen molar-refractivity contribution >= 4 is 16.6 Å². The van der Waals surface area contributed by atoms with E-state index >= 15 is 0 Å². The topological polar surface area (TPSA) is 16.1 Å². The van der Waals surface area contributed by atoms with E-state index in [0.29, 0.717) is 0 Å². The van der Waals surface area contributed by atoms with E-state index in [9.17, 15) is 0 Å². The van der Waals surface area contributed by atoms with Crippen LogP contribution in [0.5, 0.6) is 0 Å². The fourth-order valence-electron chi connectivity index (χ4n) is 4.00. The highest BCUT2D eigenvalue weighted by Gasteiger charge is 2.22. The smallest absolute Gasteiger partial charge is 0.0726 e. The van der Waals surface area contributed by atoms with Crippen LogP contribution >= 0.6 is 0 Å². The summed E-state index contributed by atoms with van der Waals surface area (Å²) in [6.45, 7) is 2.45. The molecule has 4 rings (SSSR count). The lowest BCUT2D eigenvalue weighted by molar-refractivity contribution is 0.577. The van der Waals surface area contributed by atoms with Gasteiger partial charge in [0.15, 0.2) is 0 Å². The van der Waals surface area contributed by atoms with Gasteiger partial charge >= 0.3 is 0 Å². The molecular formula is C19H24N2. The zero-order valence-electron chi connectivity index (χ0n) is 12.8. The normalized spacial score (nSPS) is 19.3. The maximum atomic E-state index is 5.00. The molecule has 21 heavy (non-hydrogen) atoms. The molecule has 110 valence electrons. The summed E-state index contributed by atoms with van der Waals surface area (Å²) in [6, 6.07) is 8.75. The quantitative estimate of drug-likeness (QED) is 0.715. The number of pyridine rings is 1. The van der Waals surface area contributed by atoms with E-state index in [0.717, 1.165) is 0 Å². The third-order valence-electron chi connectivity index (χ3n) is 5.06. The number of anilines is 1. The van der Waals surface area contributed by atoms with E-state index in [1.54, 1.807) is 5.56 Å². The lowest BCUT2D eigenvalue weighted by Crippen LogP contribution is -2.31. The Morgan fingerprint density at radius 3 is 2.48 bits per heavy atom. The van der Waals surface area contributed by atoms with Gasteiger partial charge in [-0.25, -0.2) is 0 Å². The molecule has 2 nitrogen and oxygen atoms in total. The highest BCUT2D eigenvalue weighted by Crippen LogP contribution is 2.36. The number of benzene rings is 1. The first-order valence-electron chi connectivity index (χ1n) is 8.59. The highest BCUT2D eigenvalue weighted by molar-refractivity contribution is 5.94. The van der Waals surface area contributed by atoms with Crippen LogP contribution in [0.2, 0.25) is 0 Å². The van der Waals surface area contributed by atoms with E-state index in [2.05, 4.69) is 29.2 Å². The number of aryl methyl sites for hydroxylation is 1. The molecule has 0 amide bonds. The zero-order valence-corrected chi connectivity index (χ0v) is 12.8. The van der Waals surface area contributed by atoms with Gasteiger partial charge in [-0.3, -0.25) is 4.98 Å². The molecule has 0 unspecified atom stereocenters. The van der Waals surface area contributed by atoms with E-state index < -0.39 is 0 Å². The van der Waals surface area contributed by atoms with Crippen LogP contribution in [0.1, 0.15) is 49.8 Å². The van der Waals surface area contributed by atoms with Crippen molar-refractivity contribution in [2.45, 2.75) is 51.4 Å². The minimum absolute atomic E-state index is 1.17. The molecule has 0 radical (unpaired) electrons. The van der Waals surface area contributed by atoms with E-state index in [1.165, 1.54) is 86.7 Å². The Morgan fingerprint density at radius 1 is 0.810 bits per heavy atom. The molecule has 2 aromatic rings. The molecule has 2 heterocycles. The average molecular weight is 280 g/mol. The molecule has 1 aromatic carbocycles. The van der Waals surface area contributed by atoms with Crippen LogP contribution in [0.4, 0.5) is 5.69 Å². The summed E-state index contributed by atoms with van der Waals surface area (Å²) in [4.78, 5) is 7.66. The largest absolute Gasteiger partial charge is 0.371 e. The van der Waals surface area contributed by atoms with Gasteiger partial charge in [0, 0.05) is 24.2 Å². The van der Waals surface area contributed by atoms with Gasteiger partial charge < -0.3 is 4.90 Å². The fourth-order valence-corrected chi connectivity index (χ4v) is 4.00. The van der Waals surface area contributed by atoms with E-state index in [1.807, 2.05) is 0 Å². The van der Waals surface area contributed by atoms with Crippen LogP contribution < -0.4 is 4.90 Å². The van der Waals surface area contributed by atoms with Crippen LogP contribution in [0.25, 0.3) is 10.9 Å². The first-order chi connectivity index (χ1) is 10.4. The monoisotopic (exact) mass is 280 g/mol.